The minimum Gasteiger partial charge on any atom is -0.396 e. The van der Waals surface area contributed by atoms with E-state index in [2.05, 4.69) is 4.98 Å². The van der Waals surface area contributed by atoms with Crippen LogP contribution in [0.2, 0.25) is 0 Å². The van der Waals surface area contributed by atoms with Crippen LogP contribution in [0.3, 0.4) is 0 Å². The maximum atomic E-state index is 10.4. The molecule has 2 heterocycles. The summed E-state index contributed by atoms with van der Waals surface area (Å²) < 4.78 is 0.942. The van der Waals surface area contributed by atoms with E-state index < -0.39 is 0 Å². The van der Waals surface area contributed by atoms with Gasteiger partial charge in [0.05, 0.1) is 15.9 Å². The number of H-pyrrole nitrogens is 1. The molecule has 0 aliphatic rings. The largest absolute Gasteiger partial charge is 0.396 e. The predicted molar refractivity (Wildman–Crippen MR) is 46.0 cm³/mol. The maximum absolute atomic E-state index is 10.4. The van der Waals surface area contributed by atoms with Crippen LogP contribution in [0.5, 0.6) is 0 Å². The van der Waals surface area contributed by atoms with E-state index in [9.17, 15) is 4.79 Å². The number of hydrogen-bond acceptors (Lipinski definition) is 3. The Kier molecular flexibility index (Phi) is 1.22. The highest BCUT2D eigenvalue weighted by Gasteiger charge is 2.06. The molecule has 0 aliphatic carbocycles. The number of aldehydes is 1. The lowest BCUT2D eigenvalue weighted by atomic mass is 10.3. The van der Waals surface area contributed by atoms with E-state index in [4.69, 9.17) is 5.73 Å². The molecule has 0 spiro atoms. The normalized spacial score (nSPS) is 10.5. The fraction of sp³-hybridized carbons (Fsp3) is 0. The summed E-state index contributed by atoms with van der Waals surface area (Å²) in [6, 6.07) is 0. The predicted octanol–water partition coefficient (Wildman–Crippen LogP) is 1.62. The molecule has 0 saturated heterocycles. The minimum absolute atomic E-state index is 0.682. The zero-order chi connectivity index (χ0) is 7.84. The summed E-state index contributed by atoms with van der Waals surface area (Å²) in [5.74, 6) is 0. The fourth-order valence-corrected chi connectivity index (χ4v) is 1.94. The first-order valence-corrected chi connectivity index (χ1v) is 4.00. The van der Waals surface area contributed by atoms with Crippen molar-refractivity contribution in [3.05, 3.63) is 17.1 Å². The first-order chi connectivity index (χ1) is 5.33. The number of anilines is 1. The summed E-state index contributed by atoms with van der Waals surface area (Å²) in [4.78, 5) is 13.4. The number of hydrogen-bond donors (Lipinski definition) is 2. The SMILES string of the molecule is Nc1csc2c(C=O)c[nH]c12. The summed E-state index contributed by atoms with van der Waals surface area (Å²) in [7, 11) is 0. The van der Waals surface area contributed by atoms with Crippen molar-refractivity contribution in [2.75, 3.05) is 5.73 Å². The average Bonchev–Trinajstić information content (AvgIpc) is 2.53. The second-order valence-corrected chi connectivity index (χ2v) is 3.14. The molecule has 11 heavy (non-hydrogen) atoms. The Morgan fingerprint density at radius 3 is 3.18 bits per heavy atom. The van der Waals surface area contributed by atoms with Gasteiger partial charge in [-0.25, -0.2) is 0 Å². The molecular weight excluding hydrogens is 160 g/mol. The van der Waals surface area contributed by atoms with Crippen LogP contribution in [0.1, 0.15) is 10.4 Å². The lowest BCUT2D eigenvalue weighted by Crippen LogP contribution is -1.78. The third-order valence-electron chi connectivity index (χ3n) is 1.58. The van der Waals surface area contributed by atoms with Crippen molar-refractivity contribution < 1.29 is 4.79 Å². The number of nitrogen functional groups attached to an aromatic ring is 1. The molecule has 0 atom stereocenters. The van der Waals surface area contributed by atoms with Crippen LogP contribution in [-0.4, -0.2) is 11.3 Å². The lowest BCUT2D eigenvalue weighted by Gasteiger charge is -1.79. The van der Waals surface area contributed by atoms with Gasteiger partial charge < -0.3 is 10.7 Å². The summed E-state index contributed by atoms with van der Waals surface area (Å²) in [6.45, 7) is 0. The van der Waals surface area contributed by atoms with Crippen molar-refractivity contribution in [2.24, 2.45) is 0 Å². The van der Waals surface area contributed by atoms with E-state index in [1.54, 1.807) is 6.20 Å². The van der Waals surface area contributed by atoms with Crippen molar-refractivity contribution in [2.45, 2.75) is 0 Å². The number of thiophene rings is 1. The molecule has 0 fully saturated rings. The number of fused-ring (bicyclic) bond motifs is 1. The van der Waals surface area contributed by atoms with E-state index in [0.29, 0.717) is 11.3 Å². The fourth-order valence-electron chi connectivity index (χ4n) is 1.04. The summed E-state index contributed by atoms with van der Waals surface area (Å²) >= 11 is 1.48. The number of carbonyl (C=O) groups excluding carboxylic acids is 1. The second-order valence-electron chi connectivity index (χ2n) is 2.26. The number of nitrogens with two attached hydrogens (primary N) is 1. The molecule has 0 unspecified atom stereocenters. The molecule has 0 radical (unpaired) electrons. The van der Waals surface area contributed by atoms with Gasteiger partial charge in [0.15, 0.2) is 6.29 Å². The van der Waals surface area contributed by atoms with Gasteiger partial charge in [-0.1, -0.05) is 0 Å². The topological polar surface area (TPSA) is 58.9 Å². The first kappa shape index (κ1) is 6.42. The average molecular weight is 166 g/mol. The van der Waals surface area contributed by atoms with Crippen molar-refractivity contribution >= 4 is 33.5 Å². The Labute approximate surface area is 66.8 Å². The Balaban J connectivity index is 2.87. The zero-order valence-electron chi connectivity index (χ0n) is 5.63. The molecule has 0 aliphatic heterocycles. The van der Waals surface area contributed by atoms with E-state index in [1.165, 1.54) is 11.3 Å². The molecule has 3 N–H and O–H groups in total. The van der Waals surface area contributed by atoms with Gasteiger partial charge in [-0.2, -0.15) is 0 Å². The number of aromatic nitrogens is 1. The molecule has 2 aromatic rings. The van der Waals surface area contributed by atoms with Gasteiger partial charge in [0.2, 0.25) is 0 Å². The van der Waals surface area contributed by atoms with Crippen LogP contribution >= 0.6 is 11.3 Å². The summed E-state index contributed by atoms with van der Waals surface area (Å²) in [5, 5.41) is 1.83. The third kappa shape index (κ3) is 0.760. The van der Waals surface area contributed by atoms with Crippen LogP contribution < -0.4 is 5.73 Å². The number of rotatable bonds is 1. The molecule has 0 bridgehead atoms. The van der Waals surface area contributed by atoms with Gasteiger partial charge in [-0.05, 0) is 0 Å². The molecule has 4 heteroatoms. The monoisotopic (exact) mass is 166 g/mol. The van der Waals surface area contributed by atoms with Crippen molar-refractivity contribution in [3.8, 4) is 0 Å². The molecule has 0 amide bonds. The molecule has 0 aromatic carbocycles. The smallest absolute Gasteiger partial charge is 0.153 e. The highest BCUT2D eigenvalue weighted by Crippen LogP contribution is 2.28. The molecule has 2 aromatic heterocycles. The number of aromatic amines is 1. The third-order valence-corrected chi connectivity index (χ3v) is 2.63. The van der Waals surface area contributed by atoms with Crippen molar-refractivity contribution in [1.29, 1.82) is 0 Å². The highest BCUT2D eigenvalue weighted by atomic mass is 32.1. The Morgan fingerprint density at radius 1 is 1.64 bits per heavy atom. The zero-order valence-corrected chi connectivity index (χ0v) is 6.44. The lowest BCUT2D eigenvalue weighted by molar-refractivity contribution is 0.112. The van der Waals surface area contributed by atoms with Gasteiger partial charge in [0, 0.05) is 17.1 Å². The van der Waals surface area contributed by atoms with Crippen LogP contribution in [0, 0.1) is 0 Å². The van der Waals surface area contributed by atoms with Crippen LogP contribution in [0.15, 0.2) is 11.6 Å². The summed E-state index contributed by atoms with van der Waals surface area (Å²) in [5.41, 5.74) is 7.87. The second kappa shape index (κ2) is 2.10. The Hall–Kier alpha value is -1.29. The van der Waals surface area contributed by atoms with Gasteiger partial charge in [0.1, 0.15) is 0 Å². The molecule has 56 valence electrons. The first-order valence-electron chi connectivity index (χ1n) is 3.12. The van der Waals surface area contributed by atoms with Crippen molar-refractivity contribution in [1.82, 2.24) is 4.98 Å². The van der Waals surface area contributed by atoms with Gasteiger partial charge >= 0.3 is 0 Å². The van der Waals surface area contributed by atoms with E-state index in [0.717, 1.165) is 16.5 Å². The van der Waals surface area contributed by atoms with E-state index >= 15 is 0 Å². The number of carbonyl (C=O) groups is 1. The molecule has 2 rings (SSSR count). The Morgan fingerprint density at radius 2 is 2.45 bits per heavy atom. The number of nitrogens with one attached hydrogen (secondary N) is 1. The summed E-state index contributed by atoms with van der Waals surface area (Å²) in [6.07, 6.45) is 2.50. The maximum Gasteiger partial charge on any atom is 0.153 e. The molecule has 3 nitrogen and oxygen atoms in total. The van der Waals surface area contributed by atoms with E-state index in [-0.39, 0.29) is 0 Å². The van der Waals surface area contributed by atoms with Gasteiger partial charge in [-0.15, -0.1) is 11.3 Å². The molecular formula is C7H6N2OS. The van der Waals surface area contributed by atoms with Crippen LogP contribution in [0.4, 0.5) is 5.69 Å². The van der Waals surface area contributed by atoms with Gasteiger partial charge in [0.25, 0.3) is 0 Å². The minimum atomic E-state index is 0.682. The van der Waals surface area contributed by atoms with Crippen LogP contribution in [-0.2, 0) is 0 Å². The Bertz CT molecular complexity index is 401. The highest BCUT2D eigenvalue weighted by molar-refractivity contribution is 7.18. The van der Waals surface area contributed by atoms with E-state index in [1.807, 2.05) is 5.38 Å². The molecule has 0 saturated carbocycles. The van der Waals surface area contributed by atoms with Crippen LogP contribution in [0.25, 0.3) is 10.2 Å². The van der Waals surface area contributed by atoms with Crippen molar-refractivity contribution in [3.63, 3.8) is 0 Å². The van der Waals surface area contributed by atoms with Gasteiger partial charge in [-0.3, -0.25) is 4.79 Å². The quantitative estimate of drug-likeness (QED) is 0.632. The standard InChI is InChI=1S/C7H6N2OS/c8-5-3-11-7-4(2-10)1-9-6(5)7/h1-3,9H,8H2.